The normalized spacial score (nSPS) is 14.2. The number of anilines is 2. The molecule has 1 aliphatic rings. The van der Waals surface area contributed by atoms with Gasteiger partial charge in [-0.3, -0.25) is 14.8 Å². The molecule has 0 saturated carbocycles. The number of H-pyrrole nitrogens is 1. The number of methoxy groups -OCH3 is 1. The predicted octanol–water partition coefficient (Wildman–Crippen LogP) is 4.06. The molecule has 0 aliphatic heterocycles. The van der Waals surface area contributed by atoms with E-state index in [1.54, 1.807) is 18.5 Å². The molecule has 0 aromatic carbocycles. The molecule has 0 radical (unpaired) electrons. The molecule has 0 atom stereocenters. The van der Waals surface area contributed by atoms with E-state index in [1.807, 2.05) is 0 Å². The van der Waals surface area contributed by atoms with E-state index in [2.05, 4.69) is 25.3 Å². The van der Waals surface area contributed by atoms with Crippen LogP contribution in [0.4, 0.5) is 15.9 Å². The van der Waals surface area contributed by atoms with Crippen molar-refractivity contribution in [2.75, 3.05) is 12.4 Å². The number of hydrogen-bond donors (Lipinski definition) is 2. The zero-order chi connectivity index (χ0) is 19.7. The molecule has 7 nitrogen and oxygen atoms in total. The maximum atomic E-state index is 14.4. The van der Waals surface area contributed by atoms with E-state index in [4.69, 9.17) is 16.3 Å². The van der Waals surface area contributed by atoms with Crippen molar-refractivity contribution in [1.29, 1.82) is 0 Å². The first-order chi connectivity index (χ1) is 13.6. The Morgan fingerprint density at radius 2 is 2.18 bits per heavy atom. The standard InChI is InChI=1S/C19H15ClFN5O2/c1-28-19-16(25-17-13-8-22-5-4-15(13)23-9-24-17)7-12(18(27)26-19)11-6-10(20)2-3-14(11)21/h4-9H,2-3H2,1H3,(H,26,27)(H,23,24,25). The van der Waals surface area contributed by atoms with Crippen LogP contribution < -0.4 is 15.6 Å². The quantitative estimate of drug-likeness (QED) is 0.687. The highest BCUT2D eigenvalue weighted by Crippen LogP contribution is 2.34. The van der Waals surface area contributed by atoms with Gasteiger partial charge in [0.25, 0.3) is 5.56 Å². The first-order valence-corrected chi connectivity index (χ1v) is 8.82. The topological polar surface area (TPSA) is 92.8 Å². The fourth-order valence-corrected chi connectivity index (χ4v) is 3.19. The molecule has 0 amide bonds. The lowest BCUT2D eigenvalue weighted by atomic mass is 9.99. The zero-order valence-electron chi connectivity index (χ0n) is 14.8. The average molecular weight is 400 g/mol. The summed E-state index contributed by atoms with van der Waals surface area (Å²) in [6, 6.07) is 3.27. The number of rotatable bonds is 4. The van der Waals surface area contributed by atoms with Gasteiger partial charge in [-0.25, -0.2) is 14.4 Å². The van der Waals surface area contributed by atoms with E-state index in [9.17, 15) is 9.18 Å². The fourth-order valence-electron chi connectivity index (χ4n) is 2.99. The van der Waals surface area contributed by atoms with Gasteiger partial charge in [0.2, 0.25) is 5.88 Å². The Hall–Kier alpha value is -3.26. The van der Waals surface area contributed by atoms with Crippen LogP contribution in [-0.2, 0) is 0 Å². The van der Waals surface area contributed by atoms with Crippen molar-refractivity contribution in [2.45, 2.75) is 12.8 Å². The molecule has 0 spiro atoms. The van der Waals surface area contributed by atoms with Gasteiger partial charge in [0, 0.05) is 29.4 Å². The Morgan fingerprint density at radius 3 is 3.00 bits per heavy atom. The Kier molecular flexibility index (Phi) is 4.79. The van der Waals surface area contributed by atoms with Crippen LogP contribution in [0.3, 0.4) is 0 Å². The molecule has 0 unspecified atom stereocenters. The molecule has 0 fully saturated rings. The number of halogens is 2. The summed E-state index contributed by atoms with van der Waals surface area (Å²) in [7, 11) is 1.42. The van der Waals surface area contributed by atoms with Crippen molar-refractivity contribution in [3.8, 4) is 5.88 Å². The van der Waals surface area contributed by atoms with Crippen LogP contribution in [0.15, 0.2) is 52.6 Å². The van der Waals surface area contributed by atoms with E-state index in [0.717, 1.165) is 0 Å². The Labute approximate surface area is 164 Å². The van der Waals surface area contributed by atoms with Crippen molar-refractivity contribution >= 4 is 39.6 Å². The number of nitrogens with one attached hydrogen (secondary N) is 2. The summed E-state index contributed by atoms with van der Waals surface area (Å²) < 4.78 is 19.7. The van der Waals surface area contributed by atoms with Gasteiger partial charge >= 0.3 is 0 Å². The second kappa shape index (κ2) is 7.40. The Balaban J connectivity index is 1.84. The van der Waals surface area contributed by atoms with Gasteiger partial charge in [-0.1, -0.05) is 11.6 Å². The third-order valence-corrected chi connectivity index (χ3v) is 4.66. The SMILES string of the molecule is COc1[nH]c(=O)c(C2=C(F)CCC(Cl)=C2)cc1Nc1ncnc2ccncc12. The van der Waals surface area contributed by atoms with Crippen LogP contribution in [0.5, 0.6) is 5.88 Å². The molecular formula is C19H15ClFN5O2. The molecule has 1 aliphatic carbocycles. The lowest BCUT2D eigenvalue weighted by Gasteiger charge is -2.15. The Morgan fingerprint density at radius 1 is 1.32 bits per heavy atom. The largest absolute Gasteiger partial charge is 0.481 e. The monoisotopic (exact) mass is 399 g/mol. The number of nitrogens with zero attached hydrogens (tertiary/aromatic N) is 3. The molecule has 2 N–H and O–H groups in total. The van der Waals surface area contributed by atoms with Crippen LogP contribution in [0.25, 0.3) is 16.5 Å². The molecule has 0 bridgehead atoms. The van der Waals surface area contributed by atoms with Gasteiger partial charge in [-0.05, 0) is 24.6 Å². The minimum Gasteiger partial charge on any atom is -0.481 e. The molecule has 3 aromatic heterocycles. The number of aromatic amines is 1. The lowest BCUT2D eigenvalue weighted by molar-refractivity contribution is 0.399. The first kappa shape index (κ1) is 18.1. The fraction of sp³-hybridized carbons (Fsp3) is 0.158. The van der Waals surface area contributed by atoms with E-state index in [-0.39, 0.29) is 29.3 Å². The number of hydrogen-bond acceptors (Lipinski definition) is 6. The molecule has 4 rings (SSSR count). The summed E-state index contributed by atoms with van der Waals surface area (Å²) in [6.45, 7) is 0. The second-order valence-corrected chi connectivity index (χ2v) is 6.59. The van der Waals surface area contributed by atoms with E-state index < -0.39 is 5.56 Å². The van der Waals surface area contributed by atoms with Crippen molar-refractivity contribution in [3.05, 3.63) is 63.7 Å². The Bertz CT molecular complexity index is 1180. The van der Waals surface area contributed by atoms with Gasteiger partial charge in [0.1, 0.15) is 23.7 Å². The van der Waals surface area contributed by atoms with Crippen molar-refractivity contribution < 1.29 is 9.13 Å². The van der Waals surface area contributed by atoms with E-state index in [1.165, 1.54) is 25.6 Å². The maximum Gasteiger partial charge on any atom is 0.258 e. The molecule has 3 aromatic rings. The smallest absolute Gasteiger partial charge is 0.258 e. The summed E-state index contributed by atoms with van der Waals surface area (Å²) in [5.74, 6) is 0.278. The average Bonchev–Trinajstić information content (AvgIpc) is 2.71. The van der Waals surface area contributed by atoms with E-state index in [0.29, 0.717) is 33.9 Å². The van der Waals surface area contributed by atoms with Crippen LogP contribution in [0.2, 0.25) is 0 Å². The van der Waals surface area contributed by atoms with Crippen LogP contribution in [-0.4, -0.2) is 27.0 Å². The molecule has 9 heteroatoms. The number of allylic oxidation sites excluding steroid dienone is 4. The minimum atomic E-state index is -0.482. The molecule has 3 heterocycles. The van der Waals surface area contributed by atoms with Crippen LogP contribution >= 0.6 is 11.6 Å². The van der Waals surface area contributed by atoms with Crippen LogP contribution in [0.1, 0.15) is 18.4 Å². The maximum absolute atomic E-state index is 14.4. The van der Waals surface area contributed by atoms with Crippen LogP contribution in [0, 0.1) is 0 Å². The van der Waals surface area contributed by atoms with Crippen molar-refractivity contribution in [1.82, 2.24) is 19.9 Å². The highest BCUT2D eigenvalue weighted by molar-refractivity contribution is 6.30. The zero-order valence-corrected chi connectivity index (χ0v) is 15.5. The molecule has 142 valence electrons. The van der Waals surface area contributed by atoms with Gasteiger partial charge < -0.3 is 10.1 Å². The third-order valence-electron chi connectivity index (χ3n) is 4.37. The van der Waals surface area contributed by atoms with Crippen molar-refractivity contribution in [3.63, 3.8) is 0 Å². The molecule has 28 heavy (non-hydrogen) atoms. The summed E-state index contributed by atoms with van der Waals surface area (Å²) >= 11 is 6.06. The number of ether oxygens (including phenoxy) is 1. The number of fused-ring (bicyclic) bond motifs is 1. The highest BCUT2D eigenvalue weighted by atomic mass is 35.5. The second-order valence-electron chi connectivity index (χ2n) is 6.11. The highest BCUT2D eigenvalue weighted by Gasteiger charge is 2.19. The predicted molar refractivity (Wildman–Crippen MR) is 105 cm³/mol. The molecular weight excluding hydrogens is 385 g/mol. The van der Waals surface area contributed by atoms with E-state index >= 15 is 0 Å². The third kappa shape index (κ3) is 3.34. The van der Waals surface area contributed by atoms with Gasteiger partial charge in [-0.15, -0.1) is 0 Å². The molecule has 0 saturated heterocycles. The van der Waals surface area contributed by atoms with Gasteiger partial charge in [-0.2, -0.15) is 0 Å². The number of pyridine rings is 2. The summed E-state index contributed by atoms with van der Waals surface area (Å²) in [6.07, 6.45) is 6.71. The first-order valence-electron chi connectivity index (χ1n) is 8.45. The van der Waals surface area contributed by atoms with Gasteiger partial charge in [0.05, 0.1) is 23.6 Å². The summed E-state index contributed by atoms with van der Waals surface area (Å²) in [4.78, 5) is 27.6. The minimum absolute atomic E-state index is 0.148. The lowest BCUT2D eigenvalue weighted by Crippen LogP contribution is -2.15. The van der Waals surface area contributed by atoms with Gasteiger partial charge in [0.15, 0.2) is 0 Å². The summed E-state index contributed by atoms with van der Waals surface area (Å²) in [5, 5.41) is 4.29. The van der Waals surface area contributed by atoms with Crippen molar-refractivity contribution in [2.24, 2.45) is 0 Å². The number of aromatic nitrogens is 4. The summed E-state index contributed by atoms with van der Waals surface area (Å²) in [5.41, 5.74) is 0.945.